The summed E-state index contributed by atoms with van der Waals surface area (Å²) >= 11 is 0. The van der Waals surface area contributed by atoms with Crippen LogP contribution in [0.4, 0.5) is 0 Å². The van der Waals surface area contributed by atoms with Crippen molar-refractivity contribution in [3.05, 3.63) is 60.2 Å². The Morgan fingerprint density at radius 1 is 1.00 bits per heavy atom. The van der Waals surface area contributed by atoms with Crippen LogP contribution in [0.1, 0.15) is 38.7 Å². The summed E-state index contributed by atoms with van der Waals surface area (Å²) in [6.07, 6.45) is 1.45. The van der Waals surface area contributed by atoms with Gasteiger partial charge in [-0.05, 0) is 49.6 Å². The number of hydrogen-bond donors (Lipinski definition) is 1. The van der Waals surface area contributed by atoms with Crippen LogP contribution < -0.4 is 14.8 Å². The zero-order valence-corrected chi connectivity index (χ0v) is 18.1. The number of methoxy groups -OCH3 is 1. The third-order valence-electron chi connectivity index (χ3n) is 4.80. The highest BCUT2D eigenvalue weighted by Gasteiger charge is 2.27. The summed E-state index contributed by atoms with van der Waals surface area (Å²) < 4.78 is 10.9. The number of rotatable bonds is 12. The molecule has 6 nitrogen and oxygen atoms in total. The molecule has 1 atom stereocenters. The summed E-state index contributed by atoms with van der Waals surface area (Å²) in [5.41, 5.74) is 1.00. The molecule has 6 heteroatoms. The third-order valence-corrected chi connectivity index (χ3v) is 4.80. The van der Waals surface area contributed by atoms with Crippen LogP contribution >= 0.6 is 0 Å². The Kier molecular flexibility index (Phi) is 9.71. The standard InChI is InChI=1S/C24H32N2O4/c1-4-22(24(28)25-5-2)26(18-19-10-7-6-8-11-19)23(27)12-9-17-30-21-15-13-20(29-3)14-16-21/h6-8,10-11,13-16,22H,4-5,9,12,17-18H2,1-3H3,(H,25,28)/t22-/m0/s1. The molecule has 162 valence electrons. The molecular weight excluding hydrogens is 380 g/mol. The summed E-state index contributed by atoms with van der Waals surface area (Å²) in [6.45, 7) is 5.19. The molecule has 0 saturated carbocycles. The second-order valence-corrected chi connectivity index (χ2v) is 6.95. The van der Waals surface area contributed by atoms with Gasteiger partial charge in [0.25, 0.3) is 0 Å². The van der Waals surface area contributed by atoms with Crippen LogP contribution in [0.15, 0.2) is 54.6 Å². The first kappa shape index (κ1) is 23.3. The maximum atomic E-state index is 13.0. The van der Waals surface area contributed by atoms with E-state index in [2.05, 4.69) is 5.32 Å². The lowest BCUT2D eigenvalue weighted by Crippen LogP contribution is -2.49. The predicted molar refractivity (Wildman–Crippen MR) is 117 cm³/mol. The lowest BCUT2D eigenvalue weighted by molar-refractivity contribution is -0.141. The second kappa shape index (κ2) is 12.5. The number of ether oxygens (including phenoxy) is 2. The van der Waals surface area contributed by atoms with Crippen molar-refractivity contribution >= 4 is 11.8 Å². The first-order valence-corrected chi connectivity index (χ1v) is 10.5. The minimum absolute atomic E-state index is 0.0460. The van der Waals surface area contributed by atoms with E-state index in [4.69, 9.17) is 9.47 Å². The molecule has 2 amide bonds. The van der Waals surface area contributed by atoms with Gasteiger partial charge in [0.05, 0.1) is 13.7 Å². The van der Waals surface area contributed by atoms with Crippen LogP contribution in [0.25, 0.3) is 0 Å². The lowest BCUT2D eigenvalue weighted by Gasteiger charge is -2.30. The lowest BCUT2D eigenvalue weighted by atomic mass is 10.1. The van der Waals surface area contributed by atoms with Gasteiger partial charge in [-0.3, -0.25) is 9.59 Å². The van der Waals surface area contributed by atoms with E-state index in [-0.39, 0.29) is 11.8 Å². The van der Waals surface area contributed by atoms with Crippen molar-refractivity contribution in [3.8, 4) is 11.5 Å². The number of benzene rings is 2. The molecule has 30 heavy (non-hydrogen) atoms. The summed E-state index contributed by atoms with van der Waals surface area (Å²) in [4.78, 5) is 27.3. The summed E-state index contributed by atoms with van der Waals surface area (Å²) in [6, 6.07) is 16.6. The summed E-state index contributed by atoms with van der Waals surface area (Å²) in [7, 11) is 1.62. The minimum Gasteiger partial charge on any atom is -0.497 e. The van der Waals surface area contributed by atoms with Gasteiger partial charge in [-0.1, -0.05) is 37.3 Å². The molecule has 0 radical (unpaired) electrons. The quantitative estimate of drug-likeness (QED) is 0.539. The fourth-order valence-electron chi connectivity index (χ4n) is 3.22. The maximum absolute atomic E-state index is 13.0. The Bertz CT molecular complexity index is 778. The highest BCUT2D eigenvalue weighted by Crippen LogP contribution is 2.18. The van der Waals surface area contributed by atoms with Gasteiger partial charge < -0.3 is 19.7 Å². The van der Waals surface area contributed by atoms with Crippen LogP contribution in [0.2, 0.25) is 0 Å². The van der Waals surface area contributed by atoms with E-state index in [1.165, 1.54) is 0 Å². The fourth-order valence-corrected chi connectivity index (χ4v) is 3.22. The Labute approximate surface area is 179 Å². The van der Waals surface area contributed by atoms with Crippen molar-refractivity contribution in [3.63, 3.8) is 0 Å². The molecule has 0 saturated heterocycles. The van der Waals surface area contributed by atoms with E-state index in [0.717, 1.165) is 17.1 Å². The zero-order valence-electron chi connectivity index (χ0n) is 18.1. The molecule has 0 aliphatic rings. The molecule has 1 N–H and O–H groups in total. The van der Waals surface area contributed by atoms with Crippen LogP contribution in [0, 0.1) is 0 Å². The van der Waals surface area contributed by atoms with Gasteiger partial charge in [0.15, 0.2) is 0 Å². The number of likely N-dealkylation sites (N-methyl/N-ethyl adjacent to an activating group) is 1. The Balaban J connectivity index is 1.97. The normalized spacial score (nSPS) is 11.4. The first-order chi connectivity index (χ1) is 14.6. The molecule has 0 aliphatic carbocycles. The van der Waals surface area contributed by atoms with Crippen molar-refractivity contribution in [2.75, 3.05) is 20.3 Å². The van der Waals surface area contributed by atoms with Gasteiger partial charge in [-0.25, -0.2) is 0 Å². The van der Waals surface area contributed by atoms with E-state index in [1.807, 2.05) is 68.4 Å². The van der Waals surface area contributed by atoms with Gasteiger partial charge in [0, 0.05) is 19.5 Å². The number of carbonyl (C=O) groups excluding carboxylic acids is 2. The minimum atomic E-state index is -0.486. The van der Waals surface area contributed by atoms with E-state index in [9.17, 15) is 9.59 Å². The van der Waals surface area contributed by atoms with E-state index in [1.54, 1.807) is 12.0 Å². The molecule has 2 aromatic rings. The average molecular weight is 413 g/mol. The molecule has 0 aromatic heterocycles. The molecule has 0 aliphatic heterocycles. The summed E-state index contributed by atoms with van der Waals surface area (Å²) in [5, 5.41) is 2.85. The number of nitrogens with one attached hydrogen (secondary N) is 1. The number of carbonyl (C=O) groups is 2. The van der Waals surface area contributed by atoms with Crippen molar-refractivity contribution in [2.24, 2.45) is 0 Å². The largest absolute Gasteiger partial charge is 0.497 e. The second-order valence-electron chi connectivity index (χ2n) is 6.95. The average Bonchev–Trinajstić information content (AvgIpc) is 2.77. The molecule has 0 fully saturated rings. The van der Waals surface area contributed by atoms with E-state index >= 15 is 0 Å². The molecule has 2 rings (SSSR count). The van der Waals surface area contributed by atoms with Crippen LogP contribution in [-0.2, 0) is 16.1 Å². The van der Waals surface area contributed by atoms with E-state index in [0.29, 0.717) is 39.0 Å². The zero-order chi connectivity index (χ0) is 21.8. The van der Waals surface area contributed by atoms with Crippen LogP contribution in [0.3, 0.4) is 0 Å². The number of nitrogens with zero attached hydrogens (tertiary/aromatic N) is 1. The van der Waals surface area contributed by atoms with Gasteiger partial charge in [0.1, 0.15) is 17.5 Å². The van der Waals surface area contributed by atoms with Gasteiger partial charge in [-0.15, -0.1) is 0 Å². The molecule has 0 heterocycles. The molecule has 0 bridgehead atoms. The Hall–Kier alpha value is -3.02. The predicted octanol–water partition coefficient (Wildman–Crippen LogP) is 3.80. The monoisotopic (exact) mass is 412 g/mol. The molecule has 2 aromatic carbocycles. The maximum Gasteiger partial charge on any atom is 0.242 e. The van der Waals surface area contributed by atoms with Crippen LogP contribution in [0.5, 0.6) is 11.5 Å². The van der Waals surface area contributed by atoms with Gasteiger partial charge >= 0.3 is 0 Å². The molecule has 0 unspecified atom stereocenters. The first-order valence-electron chi connectivity index (χ1n) is 10.5. The number of amides is 2. The SMILES string of the molecule is CCNC(=O)[C@H](CC)N(Cc1ccccc1)C(=O)CCCOc1ccc(OC)cc1. The third kappa shape index (κ3) is 7.10. The topological polar surface area (TPSA) is 67.9 Å². The van der Waals surface area contributed by atoms with Gasteiger partial charge in [-0.2, -0.15) is 0 Å². The Morgan fingerprint density at radius 3 is 2.27 bits per heavy atom. The molecule has 0 spiro atoms. The van der Waals surface area contributed by atoms with Crippen molar-refractivity contribution < 1.29 is 19.1 Å². The molecular formula is C24H32N2O4. The van der Waals surface area contributed by atoms with Crippen LogP contribution in [-0.4, -0.2) is 43.0 Å². The van der Waals surface area contributed by atoms with Crippen molar-refractivity contribution in [1.82, 2.24) is 10.2 Å². The fraction of sp³-hybridized carbons (Fsp3) is 0.417. The van der Waals surface area contributed by atoms with Crippen molar-refractivity contribution in [1.29, 1.82) is 0 Å². The van der Waals surface area contributed by atoms with Crippen molar-refractivity contribution in [2.45, 2.75) is 45.7 Å². The van der Waals surface area contributed by atoms with Gasteiger partial charge in [0.2, 0.25) is 11.8 Å². The highest BCUT2D eigenvalue weighted by molar-refractivity contribution is 5.87. The summed E-state index contributed by atoms with van der Waals surface area (Å²) in [5.74, 6) is 1.34. The number of hydrogen-bond acceptors (Lipinski definition) is 4. The smallest absolute Gasteiger partial charge is 0.242 e. The Morgan fingerprint density at radius 2 is 1.67 bits per heavy atom. The highest BCUT2D eigenvalue weighted by atomic mass is 16.5. The van der Waals surface area contributed by atoms with E-state index < -0.39 is 6.04 Å².